The van der Waals surface area contributed by atoms with Crippen molar-refractivity contribution in [2.75, 3.05) is 19.6 Å². The fourth-order valence-corrected chi connectivity index (χ4v) is 3.35. The Morgan fingerprint density at radius 2 is 2.04 bits per heavy atom. The highest BCUT2D eigenvalue weighted by Crippen LogP contribution is 2.21. The molecule has 10 nitrogen and oxygen atoms in total. The minimum atomic E-state index is -0.696. The number of aromatic nitrogens is 2. The zero-order valence-electron chi connectivity index (χ0n) is 13.8. The molecule has 1 aromatic heterocycles. The van der Waals surface area contributed by atoms with Crippen LogP contribution < -0.4 is 11.2 Å². The molecule has 0 bridgehead atoms. The van der Waals surface area contributed by atoms with E-state index in [-0.39, 0.29) is 31.4 Å². The molecule has 3 N–H and O–H groups in total. The lowest BCUT2D eigenvalue weighted by Crippen LogP contribution is -2.72. The molecule has 0 spiro atoms. The number of hydrazine groups is 1. The van der Waals surface area contributed by atoms with Gasteiger partial charge in [0.15, 0.2) is 0 Å². The number of amides is 4. The summed E-state index contributed by atoms with van der Waals surface area (Å²) in [7, 11) is 0. The Labute approximate surface area is 148 Å². The minimum Gasteiger partial charge on any atom is -0.350 e. The van der Waals surface area contributed by atoms with Gasteiger partial charge < -0.3 is 15.5 Å². The number of hydrogen-bond acceptors (Lipinski definition) is 6. The number of para-hydroxylation sites is 1. The third-order valence-corrected chi connectivity index (χ3v) is 4.60. The lowest BCUT2D eigenvalue weighted by Gasteiger charge is -2.48. The van der Waals surface area contributed by atoms with E-state index in [9.17, 15) is 14.4 Å². The first-order chi connectivity index (χ1) is 12.5. The van der Waals surface area contributed by atoms with Crippen LogP contribution in [-0.4, -0.2) is 68.4 Å². The molecule has 2 fully saturated rings. The smallest absolute Gasteiger partial charge is 0.331 e. The molecule has 2 aliphatic heterocycles. The Morgan fingerprint density at radius 3 is 2.85 bits per heavy atom. The number of nitrogens with one attached hydrogen (secondary N) is 1. The maximum absolute atomic E-state index is 12.6. The van der Waals surface area contributed by atoms with Crippen molar-refractivity contribution in [2.45, 2.75) is 12.7 Å². The van der Waals surface area contributed by atoms with E-state index in [2.05, 4.69) is 15.4 Å². The second kappa shape index (κ2) is 6.23. The molecule has 2 aliphatic rings. The van der Waals surface area contributed by atoms with Crippen LogP contribution in [0.3, 0.4) is 0 Å². The van der Waals surface area contributed by atoms with Gasteiger partial charge in [-0.3, -0.25) is 19.6 Å². The van der Waals surface area contributed by atoms with Crippen molar-refractivity contribution in [3.8, 4) is 0 Å². The van der Waals surface area contributed by atoms with Crippen LogP contribution >= 0.6 is 0 Å². The molecule has 0 radical (unpaired) electrons. The second-order valence-electron chi connectivity index (χ2n) is 6.16. The Kier molecular flexibility index (Phi) is 3.88. The number of rotatable bonds is 2. The first-order valence-electron chi connectivity index (χ1n) is 8.12. The summed E-state index contributed by atoms with van der Waals surface area (Å²) in [6.45, 7) is 0.314. The largest absolute Gasteiger partial charge is 0.350 e. The van der Waals surface area contributed by atoms with Crippen LogP contribution in [-0.2, 0) is 16.1 Å². The van der Waals surface area contributed by atoms with Crippen molar-refractivity contribution in [2.24, 2.45) is 5.73 Å². The van der Waals surface area contributed by atoms with Gasteiger partial charge in [-0.1, -0.05) is 12.1 Å². The summed E-state index contributed by atoms with van der Waals surface area (Å²) in [5.74, 6) is -0.432. The number of benzene rings is 1. The fraction of sp³-hybridized carbons (Fsp3) is 0.312. The quantitative estimate of drug-likeness (QED) is 0.714. The van der Waals surface area contributed by atoms with Crippen LogP contribution in [0.15, 0.2) is 30.6 Å². The number of nitrogens with two attached hydrogens (primary N) is 1. The standard InChI is InChI=1S/C16H17N7O3/c17-16(26)23-12-8-21(14(25)9-22(12)13(24)6-20-23)7-10-2-1-3-11-15(10)19-5-4-18-11/h1-5,12,20H,6-9H2,(H2,17,26). The third-order valence-electron chi connectivity index (χ3n) is 4.60. The maximum Gasteiger partial charge on any atom is 0.331 e. The fourth-order valence-electron chi connectivity index (χ4n) is 3.35. The van der Waals surface area contributed by atoms with Gasteiger partial charge in [-0.2, -0.15) is 0 Å². The van der Waals surface area contributed by atoms with E-state index in [1.165, 1.54) is 9.91 Å². The number of hydrogen-bond donors (Lipinski definition) is 2. The highest BCUT2D eigenvalue weighted by molar-refractivity contribution is 5.89. The number of carbonyl (C=O) groups is 3. The lowest BCUT2D eigenvalue weighted by atomic mass is 10.1. The first-order valence-corrected chi connectivity index (χ1v) is 8.12. The van der Waals surface area contributed by atoms with Gasteiger partial charge in [0, 0.05) is 18.9 Å². The molecule has 3 heterocycles. The molecule has 1 unspecified atom stereocenters. The van der Waals surface area contributed by atoms with E-state index in [1.807, 2.05) is 18.2 Å². The van der Waals surface area contributed by atoms with Gasteiger partial charge in [0.25, 0.3) is 0 Å². The Bertz CT molecular complexity index is 897. The van der Waals surface area contributed by atoms with Gasteiger partial charge in [0.05, 0.1) is 24.1 Å². The molecule has 0 aliphatic carbocycles. The molecule has 1 aromatic carbocycles. The number of piperazine rings is 1. The summed E-state index contributed by atoms with van der Waals surface area (Å²) in [5.41, 5.74) is 10.4. The van der Waals surface area contributed by atoms with Crippen LogP contribution in [0.4, 0.5) is 4.79 Å². The van der Waals surface area contributed by atoms with Crippen LogP contribution in [0.25, 0.3) is 11.0 Å². The Hall–Kier alpha value is -3.27. The van der Waals surface area contributed by atoms with Crippen molar-refractivity contribution in [1.29, 1.82) is 0 Å². The number of fused-ring (bicyclic) bond motifs is 2. The summed E-state index contributed by atoms with van der Waals surface area (Å²) in [6, 6.07) is 4.89. The van der Waals surface area contributed by atoms with E-state index in [0.29, 0.717) is 6.54 Å². The van der Waals surface area contributed by atoms with Gasteiger partial charge in [0.2, 0.25) is 11.8 Å². The van der Waals surface area contributed by atoms with E-state index in [0.717, 1.165) is 16.6 Å². The molecule has 2 saturated heterocycles. The molecule has 10 heteroatoms. The van der Waals surface area contributed by atoms with Crippen LogP contribution in [0.1, 0.15) is 5.56 Å². The number of carbonyl (C=O) groups excluding carboxylic acids is 3. The molecule has 26 heavy (non-hydrogen) atoms. The van der Waals surface area contributed by atoms with E-state index in [1.54, 1.807) is 17.3 Å². The third kappa shape index (κ3) is 2.69. The van der Waals surface area contributed by atoms with Crippen LogP contribution in [0.5, 0.6) is 0 Å². The van der Waals surface area contributed by atoms with Crippen molar-refractivity contribution >= 4 is 28.9 Å². The molecule has 0 saturated carbocycles. The zero-order chi connectivity index (χ0) is 18.3. The lowest BCUT2D eigenvalue weighted by molar-refractivity contribution is -0.161. The number of urea groups is 1. The minimum absolute atomic E-state index is 0.0639. The first kappa shape index (κ1) is 16.2. The highest BCUT2D eigenvalue weighted by Gasteiger charge is 2.42. The van der Waals surface area contributed by atoms with E-state index >= 15 is 0 Å². The molecular weight excluding hydrogens is 338 g/mol. The second-order valence-corrected chi connectivity index (χ2v) is 6.16. The van der Waals surface area contributed by atoms with Crippen LogP contribution in [0.2, 0.25) is 0 Å². The predicted molar refractivity (Wildman–Crippen MR) is 89.9 cm³/mol. The number of nitrogens with zero attached hydrogens (tertiary/aromatic N) is 5. The van der Waals surface area contributed by atoms with Crippen molar-refractivity contribution < 1.29 is 14.4 Å². The van der Waals surface area contributed by atoms with Crippen LogP contribution in [0, 0.1) is 0 Å². The molecular formula is C16H17N7O3. The molecule has 134 valence electrons. The summed E-state index contributed by atoms with van der Waals surface area (Å²) < 4.78 is 0. The van der Waals surface area contributed by atoms with Crippen molar-refractivity contribution in [1.82, 2.24) is 30.2 Å². The Morgan fingerprint density at radius 1 is 1.23 bits per heavy atom. The van der Waals surface area contributed by atoms with Gasteiger partial charge in [-0.05, 0) is 11.6 Å². The summed E-state index contributed by atoms with van der Waals surface area (Å²) in [5, 5.41) is 1.20. The monoisotopic (exact) mass is 355 g/mol. The topological polar surface area (TPSA) is 125 Å². The zero-order valence-corrected chi connectivity index (χ0v) is 13.8. The van der Waals surface area contributed by atoms with Crippen molar-refractivity contribution in [3.63, 3.8) is 0 Å². The maximum atomic E-state index is 12.6. The summed E-state index contributed by atoms with van der Waals surface area (Å²) in [6.07, 6.45) is 2.58. The SMILES string of the molecule is NC(=O)N1NCC(=O)N2CC(=O)N(Cc3cccc4nccnc34)CC21. The molecule has 4 amide bonds. The Balaban J connectivity index is 1.62. The summed E-state index contributed by atoms with van der Waals surface area (Å²) in [4.78, 5) is 47.9. The van der Waals surface area contributed by atoms with Crippen molar-refractivity contribution in [3.05, 3.63) is 36.2 Å². The predicted octanol–water partition coefficient (Wildman–Crippen LogP) is -0.974. The van der Waals surface area contributed by atoms with Gasteiger partial charge in [-0.15, -0.1) is 0 Å². The van der Waals surface area contributed by atoms with Gasteiger partial charge in [0.1, 0.15) is 12.7 Å². The molecule has 4 rings (SSSR count). The van der Waals surface area contributed by atoms with E-state index < -0.39 is 12.2 Å². The average molecular weight is 355 g/mol. The average Bonchev–Trinajstić information content (AvgIpc) is 2.63. The van der Waals surface area contributed by atoms with Gasteiger partial charge in [-0.25, -0.2) is 15.2 Å². The van der Waals surface area contributed by atoms with E-state index in [4.69, 9.17) is 5.73 Å². The highest BCUT2D eigenvalue weighted by atomic mass is 16.2. The number of primary amides is 1. The molecule has 1 atom stereocenters. The normalized spacial score (nSPS) is 20.5. The van der Waals surface area contributed by atoms with Gasteiger partial charge >= 0.3 is 6.03 Å². The summed E-state index contributed by atoms with van der Waals surface area (Å²) >= 11 is 0. The molecule has 2 aromatic rings.